The molecule has 0 saturated carbocycles. The Labute approximate surface area is 152 Å². The van der Waals surface area contributed by atoms with E-state index < -0.39 is 0 Å². The Morgan fingerprint density at radius 1 is 0.654 bits per heavy atom. The van der Waals surface area contributed by atoms with Crippen molar-refractivity contribution in [3.63, 3.8) is 0 Å². The molecule has 0 aromatic heterocycles. The average molecular weight is 341 g/mol. The number of benzene rings is 4. The van der Waals surface area contributed by atoms with Gasteiger partial charge >= 0.3 is 0 Å². The Bertz CT molecular complexity index is 1040. The van der Waals surface area contributed by atoms with E-state index >= 15 is 0 Å². The SMILES string of the molecule is COc1cccc(Oc2ccccc2Nc2cccc3ccccc23)c1. The van der Waals surface area contributed by atoms with Crippen LogP contribution < -0.4 is 14.8 Å². The van der Waals surface area contributed by atoms with Crippen LogP contribution in [0.25, 0.3) is 10.8 Å². The lowest BCUT2D eigenvalue weighted by molar-refractivity contribution is 0.409. The van der Waals surface area contributed by atoms with E-state index in [1.54, 1.807) is 7.11 Å². The highest BCUT2D eigenvalue weighted by Crippen LogP contribution is 2.34. The van der Waals surface area contributed by atoms with Crippen molar-refractivity contribution in [3.05, 3.63) is 91.0 Å². The molecule has 0 heterocycles. The van der Waals surface area contributed by atoms with Crippen LogP contribution in [-0.2, 0) is 0 Å². The summed E-state index contributed by atoms with van der Waals surface area (Å²) in [6.45, 7) is 0. The first-order chi connectivity index (χ1) is 12.8. The molecule has 0 unspecified atom stereocenters. The number of hydrogen-bond acceptors (Lipinski definition) is 3. The molecule has 1 N–H and O–H groups in total. The monoisotopic (exact) mass is 341 g/mol. The third kappa shape index (κ3) is 3.33. The molecule has 0 fully saturated rings. The minimum absolute atomic E-state index is 0.733. The van der Waals surface area contributed by atoms with Crippen LogP contribution in [0.4, 0.5) is 11.4 Å². The van der Waals surface area contributed by atoms with Gasteiger partial charge in [0.05, 0.1) is 12.8 Å². The molecule has 3 nitrogen and oxygen atoms in total. The molecular formula is C23H19NO2. The summed E-state index contributed by atoms with van der Waals surface area (Å²) < 4.78 is 11.4. The molecule has 0 saturated heterocycles. The number of fused-ring (bicyclic) bond motifs is 1. The summed E-state index contributed by atoms with van der Waals surface area (Å²) in [6.07, 6.45) is 0. The summed E-state index contributed by atoms with van der Waals surface area (Å²) in [4.78, 5) is 0. The molecule has 0 aliphatic heterocycles. The maximum Gasteiger partial charge on any atom is 0.150 e. The maximum absolute atomic E-state index is 6.09. The minimum atomic E-state index is 0.733. The van der Waals surface area contributed by atoms with Crippen molar-refractivity contribution < 1.29 is 9.47 Å². The lowest BCUT2D eigenvalue weighted by atomic mass is 10.1. The van der Waals surface area contributed by atoms with Gasteiger partial charge in [0.25, 0.3) is 0 Å². The molecule has 0 atom stereocenters. The molecule has 3 heteroatoms. The third-order valence-corrected chi connectivity index (χ3v) is 4.22. The van der Waals surface area contributed by atoms with Gasteiger partial charge in [-0.1, -0.05) is 54.6 Å². The van der Waals surface area contributed by atoms with Crippen molar-refractivity contribution in [1.29, 1.82) is 0 Å². The first-order valence-electron chi connectivity index (χ1n) is 8.49. The highest BCUT2D eigenvalue weighted by molar-refractivity contribution is 5.95. The van der Waals surface area contributed by atoms with Crippen LogP contribution in [0, 0.1) is 0 Å². The Kier molecular flexibility index (Phi) is 4.44. The van der Waals surface area contributed by atoms with E-state index in [4.69, 9.17) is 9.47 Å². The van der Waals surface area contributed by atoms with Gasteiger partial charge < -0.3 is 14.8 Å². The zero-order valence-electron chi connectivity index (χ0n) is 14.5. The molecule has 26 heavy (non-hydrogen) atoms. The average Bonchev–Trinajstić information content (AvgIpc) is 2.70. The van der Waals surface area contributed by atoms with Gasteiger partial charge in [-0.3, -0.25) is 0 Å². The topological polar surface area (TPSA) is 30.5 Å². The van der Waals surface area contributed by atoms with Crippen LogP contribution in [0.5, 0.6) is 17.2 Å². The standard InChI is InChI=1S/C23H19NO2/c1-25-18-10-7-11-19(16-18)26-23-15-5-4-13-22(23)24-21-14-6-9-17-8-2-3-12-20(17)21/h2-16,24H,1H3. The van der Waals surface area contributed by atoms with Crippen LogP contribution in [0.3, 0.4) is 0 Å². The molecule has 0 radical (unpaired) electrons. The maximum atomic E-state index is 6.09. The molecule has 0 aliphatic carbocycles. The molecule has 0 aliphatic rings. The number of nitrogens with one attached hydrogen (secondary N) is 1. The molecule has 0 amide bonds. The van der Waals surface area contributed by atoms with Crippen molar-refractivity contribution in [2.24, 2.45) is 0 Å². The van der Waals surface area contributed by atoms with Gasteiger partial charge in [-0.15, -0.1) is 0 Å². The number of anilines is 2. The lowest BCUT2D eigenvalue weighted by Gasteiger charge is -2.15. The van der Waals surface area contributed by atoms with Gasteiger partial charge in [-0.05, 0) is 35.7 Å². The molecular weight excluding hydrogens is 322 g/mol. The van der Waals surface area contributed by atoms with Crippen molar-refractivity contribution in [3.8, 4) is 17.2 Å². The van der Waals surface area contributed by atoms with Crippen LogP contribution in [0.15, 0.2) is 91.0 Å². The quantitative estimate of drug-likeness (QED) is 0.456. The van der Waals surface area contributed by atoms with Crippen molar-refractivity contribution >= 4 is 22.1 Å². The molecule has 128 valence electrons. The van der Waals surface area contributed by atoms with Crippen LogP contribution in [0.2, 0.25) is 0 Å². The van der Waals surface area contributed by atoms with E-state index in [1.165, 1.54) is 10.8 Å². The summed E-state index contributed by atoms with van der Waals surface area (Å²) in [6, 6.07) is 30.1. The van der Waals surface area contributed by atoms with Crippen molar-refractivity contribution in [2.45, 2.75) is 0 Å². The summed E-state index contributed by atoms with van der Waals surface area (Å²) in [5, 5.41) is 5.88. The Hall–Kier alpha value is -3.46. The van der Waals surface area contributed by atoms with Gasteiger partial charge in [-0.25, -0.2) is 0 Å². The lowest BCUT2D eigenvalue weighted by Crippen LogP contribution is -1.95. The van der Waals surface area contributed by atoms with Gasteiger partial charge in [0.15, 0.2) is 5.75 Å². The Balaban J connectivity index is 1.67. The highest BCUT2D eigenvalue weighted by Gasteiger charge is 2.07. The van der Waals surface area contributed by atoms with Crippen LogP contribution in [-0.4, -0.2) is 7.11 Å². The summed E-state index contributed by atoms with van der Waals surface area (Å²) in [7, 11) is 1.65. The predicted octanol–water partition coefficient (Wildman–Crippen LogP) is 6.38. The van der Waals surface area contributed by atoms with Gasteiger partial charge in [0, 0.05) is 17.1 Å². The summed E-state index contributed by atoms with van der Waals surface area (Å²) >= 11 is 0. The summed E-state index contributed by atoms with van der Waals surface area (Å²) in [5.74, 6) is 2.26. The van der Waals surface area contributed by atoms with Crippen molar-refractivity contribution in [2.75, 3.05) is 12.4 Å². The molecule has 4 rings (SSSR count). The first-order valence-corrected chi connectivity index (χ1v) is 8.49. The molecule has 0 spiro atoms. The van der Waals surface area contributed by atoms with Gasteiger partial charge in [0.1, 0.15) is 11.5 Å². The Morgan fingerprint density at radius 2 is 1.35 bits per heavy atom. The van der Waals surface area contributed by atoms with E-state index in [2.05, 4.69) is 35.6 Å². The number of methoxy groups -OCH3 is 1. The smallest absolute Gasteiger partial charge is 0.150 e. The number of rotatable bonds is 5. The highest BCUT2D eigenvalue weighted by atomic mass is 16.5. The minimum Gasteiger partial charge on any atom is -0.497 e. The Morgan fingerprint density at radius 3 is 2.27 bits per heavy atom. The second-order valence-corrected chi connectivity index (χ2v) is 5.93. The predicted molar refractivity (Wildman–Crippen MR) is 107 cm³/mol. The van der Waals surface area contributed by atoms with Gasteiger partial charge in [-0.2, -0.15) is 0 Å². The number of hydrogen-bond donors (Lipinski definition) is 1. The van der Waals surface area contributed by atoms with Gasteiger partial charge in [0.2, 0.25) is 0 Å². The second kappa shape index (κ2) is 7.19. The van der Waals surface area contributed by atoms with E-state index in [0.29, 0.717) is 0 Å². The van der Waals surface area contributed by atoms with E-state index in [9.17, 15) is 0 Å². The molecule has 0 bridgehead atoms. The van der Waals surface area contributed by atoms with E-state index in [1.807, 2.05) is 60.7 Å². The number of ether oxygens (including phenoxy) is 2. The molecule has 4 aromatic rings. The first kappa shape index (κ1) is 16.0. The third-order valence-electron chi connectivity index (χ3n) is 4.22. The second-order valence-electron chi connectivity index (χ2n) is 5.93. The fraction of sp³-hybridized carbons (Fsp3) is 0.0435. The summed E-state index contributed by atoms with van der Waals surface area (Å²) in [5.41, 5.74) is 1.96. The zero-order chi connectivity index (χ0) is 17.8. The fourth-order valence-electron chi connectivity index (χ4n) is 2.93. The fourth-order valence-corrected chi connectivity index (χ4v) is 2.93. The van der Waals surface area contributed by atoms with Crippen LogP contribution >= 0.6 is 0 Å². The van der Waals surface area contributed by atoms with Crippen LogP contribution in [0.1, 0.15) is 0 Å². The zero-order valence-corrected chi connectivity index (χ0v) is 14.5. The molecule has 4 aromatic carbocycles. The van der Waals surface area contributed by atoms with Crippen molar-refractivity contribution in [1.82, 2.24) is 0 Å². The van der Waals surface area contributed by atoms with E-state index in [0.717, 1.165) is 28.6 Å². The van der Waals surface area contributed by atoms with E-state index in [-0.39, 0.29) is 0 Å². The normalized spacial score (nSPS) is 10.5. The number of para-hydroxylation sites is 2. The largest absolute Gasteiger partial charge is 0.497 e.